The number of likely N-dealkylation sites (tertiary alicyclic amines) is 1. The van der Waals surface area contributed by atoms with Gasteiger partial charge in [-0.2, -0.15) is 0 Å². The topological polar surface area (TPSA) is 238 Å². The highest BCUT2D eigenvalue weighted by atomic mass is 16.4. The number of nitrogens with one attached hydrogen (secondary N) is 3. The summed E-state index contributed by atoms with van der Waals surface area (Å²) in [5, 5.41) is 23.6. The zero-order valence-corrected chi connectivity index (χ0v) is 20.4. The van der Waals surface area contributed by atoms with Gasteiger partial charge in [-0.05, 0) is 30.9 Å². The van der Waals surface area contributed by atoms with Gasteiger partial charge >= 0.3 is 11.9 Å². The fourth-order valence-corrected chi connectivity index (χ4v) is 4.46. The van der Waals surface area contributed by atoms with Gasteiger partial charge in [-0.15, -0.1) is 0 Å². The highest BCUT2D eigenvalue weighted by molar-refractivity contribution is 5.97. The van der Waals surface area contributed by atoms with E-state index in [0.29, 0.717) is 6.42 Å². The molecule has 0 spiro atoms. The maximum Gasteiger partial charge on any atom is 0.326 e. The molecule has 1 aliphatic rings. The highest BCUT2D eigenvalue weighted by Gasteiger charge is 2.39. The molecule has 1 aromatic carbocycles. The first-order valence-corrected chi connectivity index (χ1v) is 11.9. The number of fused-ring (bicyclic) bond motifs is 1. The number of hydrogen-bond acceptors (Lipinski definition) is 7. The number of amides is 4. The predicted molar refractivity (Wildman–Crippen MR) is 132 cm³/mol. The van der Waals surface area contributed by atoms with Crippen LogP contribution in [0.5, 0.6) is 0 Å². The molecule has 1 fully saturated rings. The number of benzene rings is 1. The van der Waals surface area contributed by atoms with Crippen molar-refractivity contribution in [3.8, 4) is 0 Å². The van der Waals surface area contributed by atoms with Crippen LogP contribution in [0.2, 0.25) is 0 Å². The number of hydrogen-bond donors (Lipinski definition) is 7. The molecule has 0 aliphatic carbocycles. The number of carbonyl (C=O) groups excluding carboxylic acids is 4. The van der Waals surface area contributed by atoms with Crippen LogP contribution in [0.1, 0.15) is 31.2 Å². The summed E-state index contributed by atoms with van der Waals surface area (Å²) in [5.41, 5.74) is 13.0. The molecule has 204 valence electrons. The van der Waals surface area contributed by atoms with Gasteiger partial charge in [0.05, 0.1) is 18.9 Å². The van der Waals surface area contributed by atoms with Crippen LogP contribution < -0.4 is 22.1 Å². The first kappa shape index (κ1) is 28.1. The first-order chi connectivity index (χ1) is 18.0. The quantitative estimate of drug-likeness (QED) is 0.167. The van der Waals surface area contributed by atoms with Crippen LogP contribution in [-0.2, 0) is 35.2 Å². The molecule has 2 heterocycles. The standard InChI is InChI=1S/C24H30N6O8/c25-14(8-12-11-27-15-5-2-1-4-13(12)15)21(34)28-16(9-19(26)31)23(36)30-7-3-6-18(30)22(35)29-17(24(37)38)10-20(32)33/h1-2,4-5,11,14,16-18,27H,3,6-10,25H2,(H2,26,31)(H,28,34)(H,29,35)(H,32,33)(H,37,38). The van der Waals surface area contributed by atoms with Crippen molar-refractivity contribution in [2.75, 3.05) is 6.54 Å². The van der Waals surface area contributed by atoms with Gasteiger partial charge in [-0.3, -0.25) is 24.0 Å². The van der Waals surface area contributed by atoms with E-state index in [-0.39, 0.29) is 19.4 Å². The lowest BCUT2D eigenvalue weighted by atomic mass is 10.0. The Balaban J connectivity index is 1.70. The lowest BCUT2D eigenvalue weighted by molar-refractivity contribution is -0.148. The fraction of sp³-hybridized carbons (Fsp3) is 0.417. The maximum absolute atomic E-state index is 13.3. The Kier molecular flexibility index (Phi) is 9.02. The number of para-hydroxylation sites is 1. The van der Waals surface area contributed by atoms with Gasteiger partial charge in [0.25, 0.3) is 0 Å². The van der Waals surface area contributed by atoms with E-state index in [4.69, 9.17) is 16.6 Å². The van der Waals surface area contributed by atoms with Crippen LogP contribution in [0, 0.1) is 0 Å². The molecule has 4 amide bonds. The number of carboxylic acid groups (broad SMARTS) is 2. The molecule has 4 atom stereocenters. The van der Waals surface area contributed by atoms with Gasteiger partial charge in [-0.1, -0.05) is 18.2 Å². The van der Waals surface area contributed by atoms with E-state index in [0.717, 1.165) is 21.4 Å². The number of nitrogens with two attached hydrogens (primary N) is 2. The fourth-order valence-electron chi connectivity index (χ4n) is 4.46. The summed E-state index contributed by atoms with van der Waals surface area (Å²) in [4.78, 5) is 77.1. The second kappa shape index (κ2) is 12.2. The summed E-state index contributed by atoms with van der Waals surface area (Å²) in [5.74, 6) is -6.17. The van der Waals surface area contributed by atoms with Crippen molar-refractivity contribution in [2.45, 2.75) is 56.3 Å². The molecule has 0 radical (unpaired) electrons. The van der Waals surface area contributed by atoms with Crippen LogP contribution in [0.25, 0.3) is 10.9 Å². The number of aliphatic carboxylic acids is 2. The molecule has 1 aromatic heterocycles. The molecule has 14 nitrogen and oxygen atoms in total. The SMILES string of the molecule is NC(=O)CC(NC(=O)C(N)Cc1c[nH]c2ccccc12)C(=O)N1CCCC1C(=O)NC(CC(=O)O)C(=O)O. The van der Waals surface area contributed by atoms with Gasteiger partial charge in [0.15, 0.2) is 0 Å². The Hall–Kier alpha value is -4.46. The molecule has 14 heteroatoms. The van der Waals surface area contributed by atoms with Crippen molar-refractivity contribution in [1.82, 2.24) is 20.5 Å². The molecule has 0 bridgehead atoms. The maximum atomic E-state index is 13.3. The third-order valence-corrected chi connectivity index (χ3v) is 6.30. The molecule has 1 aliphatic heterocycles. The summed E-state index contributed by atoms with van der Waals surface area (Å²) in [6, 6.07) is 2.15. The average Bonchev–Trinajstić information content (AvgIpc) is 3.50. The Morgan fingerprint density at radius 2 is 1.76 bits per heavy atom. The molecule has 9 N–H and O–H groups in total. The van der Waals surface area contributed by atoms with Gasteiger partial charge in [0, 0.05) is 23.6 Å². The lowest BCUT2D eigenvalue weighted by Crippen LogP contribution is -2.57. The van der Waals surface area contributed by atoms with Crippen LogP contribution in [0.15, 0.2) is 30.5 Å². The van der Waals surface area contributed by atoms with Crippen LogP contribution in [-0.4, -0.2) is 86.4 Å². The number of aromatic nitrogens is 1. The third kappa shape index (κ3) is 6.85. The van der Waals surface area contributed by atoms with Crippen LogP contribution in [0.3, 0.4) is 0 Å². The van der Waals surface area contributed by atoms with E-state index >= 15 is 0 Å². The van der Waals surface area contributed by atoms with Crippen molar-refractivity contribution in [3.63, 3.8) is 0 Å². The minimum atomic E-state index is -1.69. The number of primary amides is 1. The summed E-state index contributed by atoms with van der Waals surface area (Å²) < 4.78 is 0. The summed E-state index contributed by atoms with van der Waals surface area (Å²) in [6.07, 6.45) is 1.03. The van der Waals surface area contributed by atoms with Gasteiger partial charge < -0.3 is 42.2 Å². The Bertz CT molecular complexity index is 1240. The normalized spacial score (nSPS) is 17.4. The van der Waals surface area contributed by atoms with Crippen molar-refractivity contribution < 1.29 is 39.0 Å². The zero-order valence-electron chi connectivity index (χ0n) is 20.4. The second-order valence-electron chi connectivity index (χ2n) is 9.09. The minimum Gasteiger partial charge on any atom is -0.481 e. The van der Waals surface area contributed by atoms with Gasteiger partial charge in [0.1, 0.15) is 18.1 Å². The number of carbonyl (C=O) groups is 6. The molecule has 38 heavy (non-hydrogen) atoms. The highest BCUT2D eigenvalue weighted by Crippen LogP contribution is 2.21. The third-order valence-electron chi connectivity index (χ3n) is 6.30. The summed E-state index contributed by atoms with van der Waals surface area (Å²) >= 11 is 0. The zero-order chi connectivity index (χ0) is 28.0. The molecule has 1 saturated heterocycles. The van der Waals surface area contributed by atoms with E-state index in [1.165, 1.54) is 0 Å². The van der Waals surface area contributed by atoms with Gasteiger partial charge in [-0.25, -0.2) is 4.79 Å². The second-order valence-corrected chi connectivity index (χ2v) is 9.09. The summed E-state index contributed by atoms with van der Waals surface area (Å²) in [6.45, 7) is 0.0973. The van der Waals surface area contributed by atoms with Crippen LogP contribution in [0.4, 0.5) is 0 Å². The molecule has 0 saturated carbocycles. The van der Waals surface area contributed by atoms with E-state index in [2.05, 4.69) is 15.6 Å². The van der Waals surface area contributed by atoms with Crippen molar-refractivity contribution in [2.24, 2.45) is 11.5 Å². The lowest BCUT2D eigenvalue weighted by Gasteiger charge is -2.29. The minimum absolute atomic E-state index is 0.0973. The molecule has 4 unspecified atom stereocenters. The van der Waals surface area contributed by atoms with E-state index < -0.39 is 72.6 Å². The van der Waals surface area contributed by atoms with Crippen LogP contribution >= 0.6 is 0 Å². The smallest absolute Gasteiger partial charge is 0.326 e. The molecule has 2 aromatic rings. The van der Waals surface area contributed by atoms with E-state index in [1.54, 1.807) is 6.20 Å². The van der Waals surface area contributed by atoms with Crippen molar-refractivity contribution >= 4 is 46.5 Å². The summed E-state index contributed by atoms with van der Waals surface area (Å²) in [7, 11) is 0. The number of aromatic amines is 1. The predicted octanol–water partition coefficient (Wildman–Crippen LogP) is -1.57. The van der Waals surface area contributed by atoms with Crippen molar-refractivity contribution in [3.05, 3.63) is 36.0 Å². The Morgan fingerprint density at radius 3 is 2.42 bits per heavy atom. The largest absolute Gasteiger partial charge is 0.481 e. The van der Waals surface area contributed by atoms with E-state index in [9.17, 15) is 33.9 Å². The average molecular weight is 531 g/mol. The first-order valence-electron chi connectivity index (χ1n) is 11.9. The van der Waals surface area contributed by atoms with Crippen molar-refractivity contribution in [1.29, 1.82) is 0 Å². The monoisotopic (exact) mass is 530 g/mol. The Labute approximate surface area is 216 Å². The number of rotatable bonds is 12. The molecule has 3 rings (SSSR count). The number of nitrogens with zero attached hydrogens (tertiary/aromatic N) is 1. The van der Waals surface area contributed by atoms with E-state index in [1.807, 2.05) is 24.3 Å². The number of H-pyrrole nitrogens is 1. The van der Waals surface area contributed by atoms with Gasteiger partial charge in [0.2, 0.25) is 23.6 Å². The molecular weight excluding hydrogens is 500 g/mol. The number of carboxylic acids is 2. The Morgan fingerprint density at radius 1 is 1.05 bits per heavy atom. The molecular formula is C24H30N6O8.